The normalized spacial score (nSPS) is 10.8. The average Bonchev–Trinajstić information content (AvgIpc) is 1.97. The maximum Gasteiger partial charge on any atom is 0.334 e. The summed E-state index contributed by atoms with van der Waals surface area (Å²) in [7, 11) is 1.07. The van der Waals surface area contributed by atoms with Crippen molar-refractivity contribution >= 4 is 8.60 Å². The highest BCUT2D eigenvalue weighted by Crippen LogP contribution is 2.31. The van der Waals surface area contributed by atoms with Gasteiger partial charge in [0.2, 0.25) is 0 Å². The second-order valence-corrected chi connectivity index (χ2v) is 2.30. The SMILES string of the molecule is COCOP(O)OCOC. The molecule has 5 nitrogen and oxygen atoms in total. The lowest BCUT2D eigenvalue weighted by Crippen LogP contribution is -1.96. The highest BCUT2D eigenvalue weighted by atomic mass is 31.2. The number of hydrogen-bond acceptors (Lipinski definition) is 5. The van der Waals surface area contributed by atoms with Crippen LogP contribution in [0.25, 0.3) is 0 Å². The summed E-state index contributed by atoms with van der Waals surface area (Å²) in [6, 6.07) is 0. The van der Waals surface area contributed by atoms with Gasteiger partial charge in [-0.15, -0.1) is 0 Å². The quantitative estimate of drug-likeness (QED) is 0.463. The molecule has 6 heteroatoms. The first-order valence-electron chi connectivity index (χ1n) is 2.54. The second kappa shape index (κ2) is 7.34. The molecule has 0 aromatic heterocycles. The van der Waals surface area contributed by atoms with E-state index in [0.717, 1.165) is 0 Å². The van der Waals surface area contributed by atoms with Gasteiger partial charge in [0, 0.05) is 14.2 Å². The van der Waals surface area contributed by atoms with Gasteiger partial charge in [-0.3, -0.25) is 9.05 Å². The molecule has 0 radical (unpaired) electrons. The van der Waals surface area contributed by atoms with Gasteiger partial charge in [-0.2, -0.15) is 0 Å². The van der Waals surface area contributed by atoms with Crippen molar-refractivity contribution in [1.29, 1.82) is 0 Å². The van der Waals surface area contributed by atoms with E-state index in [1.807, 2.05) is 0 Å². The predicted molar refractivity (Wildman–Crippen MR) is 35.1 cm³/mol. The van der Waals surface area contributed by atoms with Crippen LogP contribution in [0.3, 0.4) is 0 Å². The van der Waals surface area contributed by atoms with Gasteiger partial charge in [0.15, 0.2) is 13.6 Å². The molecule has 0 saturated carbocycles. The summed E-state index contributed by atoms with van der Waals surface area (Å²) < 4.78 is 18.2. The molecule has 0 bridgehead atoms. The Morgan fingerprint density at radius 2 is 1.50 bits per heavy atom. The lowest BCUT2D eigenvalue weighted by Gasteiger charge is -2.07. The highest BCUT2D eigenvalue weighted by Gasteiger charge is 2.03. The van der Waals surface area contributed by atoms with Crippen LogP contribution in [0.5, 0.6) is 0 Å². The first-order chi connectivity index (χ1) is 4.81. The van der Waals surface area contributed by atoms with E-state index in [9.17, 15) is 0 Å². The third-order valence-electron chi connectivity index (χ3n) is 0.562. The Kier molecular flexibility index (Phi) is 7.51. The van der Waals surface area contributed by atoms with Crippen molar-refractivity contribution in [2.75, 3.05) is 27.8 Å². The van der Waals surface area contributed by atoms with E-state index in [-0.39, 0.29) is 13.6 Å². The number of ether oxygens (including phenoxy) is 2. The van der Waals surface area contributed by atoms with Crippen LogP contribution >= 0.6 is 8.60 Å². The molecule has 0 spiro atoms. The molecule has 1 N–H and O–H groups in total. The van der Waals surface area contributed by atoms with Crippen LogP contribution in [0.15, 0.2) is 0 Å². The number of rotatable bonds is 6. The van der Waals surface area contributed by atoms with Crippen LogP contribution in [-0.4, -0.2) is 32.7 Å². The highest BCUT2D eigenvalue weighted by molar-refractivity contribution is 7.40. The van der Waals surface area contributed by atoms with Gasteiger partial charge in [-0.1, -0.05) is 0 Å². The summed E-state index contributed by atoms with van der Waals surface area (Å²) in [4.78, 5) is 8.77. The fraction of sp³-hybridized carbons (Fsp3) is 1.00. The van der Waals surface area contributed by atoms with Crippen LogP contribution in [-0.2, 0) is 18.5 Å². The van der Waals surface area contributed by atoms with Crippen molar-refractivity contribution in [3.63, 3.8) is 0 Å². The van der Waals surface area contributed by atoms with E-state index >= 15 is 0 Å². The molecule has 0 fully saturated rings. The van der Waals surface area contributed by atoms with Crippen molar-refractivity contribution in [3.05, 3.63) is 0 Å². The van der Waals surface area contributed by atoms with Crippen molar-refractivity contribution < 1.29 is 23.4 Å². The largest absolute Gasteiger partial charge is 0.358 e. The first-order valence-corrected chi connectivity index (χ1v) is 3.67. The summed E-state index contributed by atoms with van der Waals surface area (Å²) in [5, 5.41) is 0. The monoisotopic (exact) mass is 170 g/mol. The van der Waals surface area contributed by atoms with Gasteiger partial charge in [-0.25, -0.2) is 0 Å². The molecule has 0 amide bonds. The van der Waals surface area contributed by atoms with E-state index in [1.165, 1.54) is 14.2 Å². The first kappa shape index (κ1) is 10.2. The molecule has 0 aromatic rings. The summed E-state index contributed by atoms with van der Waals surface area (Å²) in [6.07, 6.45) is 0. The zero-order valence-corrected chi connectivity index (χ0v) is 6.84. The fourth-order valence-corrected chi connectivity index (χ4v) is 0.699. The minimum absolute atomic E-state index is 0.0198. The Morgan fingerprint density at radius 3 is 1.80 bits per heavy atom. The molecule has 10 heavy (non-hydrogen) atoms. The molecule has 0 atom stereocenters. The maximum absolute atomic E-state index is 8.77. The van der Waals surface area contributed by atoms with E-state index < -0.39 is 8.60 Å². The predicted octanol–water partition coefficient (Wildman–Crippen LogP) is 0.447. The van der Waals surface area contributed by atoms with Crippen molar-refractivity contribution in [2.24, 2.45) is 0 Å². The zero-order chi connectivity index (χ0) is 7.82. The standard InChI is InChI=1S/C4H11O5P/c1-6-3-8-10(5)9-4-7-2/h5H,3-4H2,1-2H3. The van der Waals surface area contributed by atoms with Crippen LogP contribution in [0.4, 0.5) is 0 Å². The molecule has 0 aliphatic carbocycles. The summed E-state index contributed by atoms with van der Waals surface area (Å²) >= 11 is 0. The topological polar surface area (TPSA) is 57.2 Å². The Morgan fingerprint density at radius 1 is 1.10 bits per heavy atom. The van der Waals surface area contributed by atoms with Crippen LogP contribution in [0.1, 0.15) is 0 Å². The molecular weight excluding hydrogens is 159 g/mol. The molecule has 0 unspecified atom stereocenters. The fourth-order valence-electron chi connectivity index (χ4n) is 0.233. The molecule has 0 aliphatic rings. The van der Waals surface area contributed by atoms with Gasteiger partial charge >= 0.3 is 8.60 Å². The van der Waals surface area contributed by atoms with Crippen molar-refractivity contribution in [2.45, 2.75) is 0 Å². The van der Waals surface area contributed by atoms with Crippen LogP contribution in [0.2, 0.25) is 0 Å². The van der Waals surface area contributed by atoms with Gasteiger partial charge in [0.1, 0.15) is 0 Å². The molecular formula is C4H11O5P. The number of methoxy groups -OCH3 is 2. The molecule has 62 valence electrons. The number of hydrogen-bond donors (Lipinski definition) is 1. The summed E-state index contributed by atoms with van der Waals surface area (Å²) in [6.45, 7) is 0.0395. The van der Waals surface area contributed by atoms with E-state index in [0.29, 0.717) is 0 Å². The van der Waals surface area contributed by atoms with Crippen molar-refractivity contribution in [3.8, 4) is 0 Å². The van der Waals surface area contributed by atoms with Crippen LogP contribution < -0.4 is 0 Å². The van der Waals surface area contributed by atoms with E-state index in [1.54, 1.807) is 0 Å². The average molecular weight is 170 g/mol. The third-order valence-corrected chi connectivity index (χ3v) is 1.21. The second-order valence-electron chi connectivity index (χ2n) is 1.31. The van der Waals surface area contributed by atoms with Gasteiger partial charge in [-0.05, 0) is 0 Å². The van der Waals surface area contributed by atoms with Crippen LogP contribution in [0, 0.1) is 0 Å². The maximum atomic E-state index is 8.77. The van der Waals surface area contributed by atoms with Gasteiger partial charge in [0.05, 0.1) is 0 Å². The minimum atomic E-state index is -1.84. The smallest absolute Gasteiger partial charge is 0.334 e. The Labute approximate surface area is 60.8 Å². The van der Waals surface area contributed by atoms with E-state index in [2.05, 4.69) is 18.5 Å². The molecule has 0 aliphatic heterocycles. The summed E-state index contributed by atoms with van der Waals surface area (Å²) in [5.74, 6) is 0. The molecule has 0 aromatic carbocycles. The van der Waals surface area contributed by atoms with Gasteiger partial charge < -0.3 is 14.4 Å². The lowest BCUT2D eigenvalue weighted by atomic mass is 11.4. The van der Waals surface area contributed by atoms with Gasteiger partial charge in [0.25, 0.3) is 0 Å². The Bertz CT molecular complexity index is 62.7. The zero-order valence-electron chi connectivity index (χ0n) is 5.94. The lowest BCUT2D eigenvalue weighted by molar-refractivity contribution is 0.00236. The molecule has 0 rings (SSSR count). The molecule has 0 heterocycles. The minimum Gasteiger partial charge on any atom is -0.358 e. The third kappa shape index (κ3) is 6.35. The van der Waals surface area contributed by atoms with Crippen molar-refractivity contribution in [1.82, 2.24) is 0 Å². The summed E-state index contributed by atoms with van der Waals surface area (Å²) in [5.41, 5.74) is 0. The van der Waals surface area contributed by atoms with E-state index in [4.69, 9.17) is 4.89 Å². The Hall–Kier alpha value is 0.230. The Balaban J connectivity index is 3.00. The molecule has 0 saturated heterocycles.